The first-order valence-electron chi connectivity index (χ1n) is 9.09. The molecule has 2 aliphatic heterocycles. The maximum atomic E-state index is 12.3. The van der Waals surface area contributed by atoms with Gasteiger partial charge >= 0.3 is 0 Å². The molecule has 3 heterocycles. The molecule has 0 saturated carbocycles. The number of benzene rings is 1. The summed E-state index contributed by atoms with van der Waals surface area (Å²) in [5.41, 5.74) is 1.36. The third kappa shape index (κ3) is 3.31. The van der Waals surface area contributed by atoms with Gasteiger partial charge in [-0.1, -0.05) is 30.3 Å². The first kappa shape index (κ1) is 16.3. The van der Waals surface area contributed by atoms with E-state index in [0.717, 1.165) is 38.4 Å². The number of carbonyl (C=O) groups is 1. The minimum absolute atomic E-state index is 0.102. The van der Waals surface area contributed by atoms with Crippen molar-refractivity contribution in [2.24, 2.45) is 11.8 Å². The van der Waals surface area contributed by atoms with Crippen LogP contribution in [0, 0.1) is 11.8 Å². The van der Waals surface area contributed by atoms with Crippen LogP contribution in [0.2, 0.25) is 0 Å². The van der Waals surface area contributed by atoms with Gasteiger partial charge in [-0.05, 0) is 31.2 Å². The molecular formula is C19H25N5O. The second kappa shape index (κ2) is 6.59. The molecule has 1 amide bonds. The van der Waals surface area contributed by atoms with Crippen molar-refractivity contribution in [2.75, 3.05) is 13.1 Å². The van der Waals surface area contributed by atoms with E-state index in [2.05, 4.69) is 50.7 Å². The highest BCUT2D eigenvalue weighted by Crippen LogP contribution is 2.33. The van der Waals surface area contributed by atoms with Gasteiger partial charge in [0.15, 0.2) is 0 Å². The Balaban J connectivity index is 1.45. The molecule has 0 bridgehead atoms. The van der Waals surface area contributed by atoms with E-state index < -0.39 is 0 Å². The second-order valence-corrected chi connectivity index (χ2v) is 7.58. The number of amides is 1. The summed E-state index contributed by atoms with van der Waals surface area (Å²) in [5, 5.41) is 11.4. The van der Waals surface area contributed by atoms with Crippen molar-refractivity contribution in [3.8, 4) is 0 Å². The van der Waals surface area contributed by atoms with Gasteiger partial charge in [0, 0.05) is 38.6 Å². The molecule has 2 aliphatic rings. The number of aromatic nitrogens is 3. The number of hydrogen-bond donors (Lipinski definition) is 1. The van der Waals surface area contributed by atoms with Crippen LogP contribution in [0.4, 0.5) is 0 Å². The summed E-state index contributed by atoms with van der Waals surface area (Å²) in [6, 6.07) is 10.7. The fourth-order valence-electron chi connectivity index (χ4n) is 4.09. The summed E-state index contributed by atoms with van der Waals surface area (Å²) in [4.78, 5) is 14.9. The number of hydrogen-bond acceptors (Lipinski definition) is 4. The number of nitrogens with zero attached hydrogens (tertiary/aromatic N) is 4. The lowest BCUT2D eigenvalue weighted by Gasteiger charge is -2.25. The van der Waals surface area contributed by atoms with E-state index in [1.54, 1.807) is 0 Å². The number of fused-ring (bicyclic) bond motifs is 2. The molecule has 6 heteroatoms. The largest absolute Gasteiger partial charge is 0.347 e. The molecule has 4 rings (SSSR count). The van der Waals surface area contributed by atoms with Crippen molar-refractivity contribution in [1.82, 2.24) is 25.0 Å². The van der Waals surface area contributed by atoms with E-state index in [1.165, 1.54) is 5.56 Å². The molecule has 1 aromatic heterocycles. The van der Waals surface area contributed by atoms with Crippen molar-refractivity contribution in [1.29, 1.82) is 0 Å². The Morgan fingerprint density at radius 3 is 2.68 bits per heavy atom. The first-order chi connectivity index (χ1) is 12.1. The van der Waals surface area contributed by atoms with Gasteiger partial charge in [0.1, 0.15) is 5.82 Å². The standard InChI is InChI=1S/C19H25N5O/c1-13(2)20-19(25)18-22-21-17-8-15-10-23(11-16(15)12-24(17)18)9-14-6-4-3-5-7-14/h3-7,13,15-16H,8-12H2,1-2H3,(H,20,25). The Hall–Kier alpha value is -2.21. The highest BCUT2D eigenvalue weighted by atomic mass is 16.2. The average Bonchev–Trinajstić information content (AvgIpc) is 3.15. The van der Waals surface area contributed by atoms with Crippen LogP contribution < -0.4 is 5.32 Å². The van der Waals surface area contributed by atoms with Crippen LogP contribution in [0.25, 0.3) is 0 Å². The maximum Gasteiger partial charge on any atom is 0.289 e. The molecule has 2 unspecified atom stereocenters. The highest BCUT2D eigenvalue weighted by Gasteiger charge is 2.39. The van der Waals surface area contributed by atoms with E-state index in [9.17, 15) is 4.79 Å². The zero-order valence-electron chi connectivity index (χ0n) is 14.9. The topological polar surface area (TPSA) is 63.1 Å². The smallest absolute Gasteiger partial charge is 0.289 e. The van der Waals surface area contributed by atoms with Crippen molar-refractivity contribution >= 4 is 5.91 Å². The predicted molar refractivity (Wildman–Crippen MR) is 95.0 cm³/mol. The number of nitrogens with one attached hydrogen (secondary N) is 1. The zero-order valence-corrected chi connectivity index (χ0v) is 14.9. The van der Waals surface area contributed by atoms with Crippen molar-refractivity contribution in [3.63, 3.8) is 0 Å². The molecule has 0 spiro atoms. The molecular weight excluding hydrogens is 314 g/mol. The Labute approximate surface area is 148 Å². The SMILES string of the molecule is CC(C)NC(=O)c1nnc2n1CC1CN(Cc3ccccc3)CC1C2. The summed E-state index contributed by atoms with van der Waals surface area (Å²) >= 11 is 0. The van der Waals surface area contributed by atoms with E-state index in [1.807, 2.05) is 18.4 Å². The molecule has 1 fully saturated rings. The fraction of sp³-hybridized carbons (Fsp3) is 0.526. The van der Waals surface area contributed by atoms with E-state index in [0.29, 0.717) is 17.7 Å². The fourth-order valence-corrected chi connectivity index (χ4v) is 4.09. The van der Waals surface area contributed by atoms with Crippen LogP contribution >= 0.6 is 0 Å². The summed E-state index contributed by atoms with van der Waals surface area (Å²) in [7, 11) is 0. The molecule has 0 aliphatic carbocycles. The molecule has 0 radical (unpaired) electrons. The van der Waals surface area contributed by atoms with Gasteiger partial charge in [0.05, 0.1) is 0 Å². The number of rotatable bonds is 4. The molecule has 2 aromatic rings. The Morgan fingerprint density at radius 1 is 1.16 bits per heavy atom. The number of carbonyl (C=O) groups excluding carboxylic acids is 1. The van der Waals surface area contributed by atoms with Crippen molar-refractivity contribution in [3.05, 3.63) is 47.5 Å². The van der Waals surface area contributed by atoms with Gasteiger partial charge < -0.3 is 9.88 Å². The van der Waals surface area contributed by atoms with Crippen molar-refractivity contribution < 1.29 is 4.79 Å². The number of likely N-dealkylation sites (tertiary alicyclic amines) is 1. The highest BCUT2D eigenvalue weighted by molar-refractivity contribution is 5.90. The van der Waals surface area contributed by atoms with Crippen LogP contribution in [-0.2, 0) is 19.5 Å². The third-order valence-corrected chi connectivity index (χ3v) is 5.21. The quantitative estimate of drug-likeness (QED) is 0.921. The van der Waals surface area contributed by atoms with Gasteiger partial charge in [-0.3, -0.25) is 9.69 Å². The summed E-state index contributed by atoms with van der Waals surface area (Å²) in [5.74, 6) is 2.48. The maximum absolute atomic E-state index is 12.3. The lowest BCUT2D eigenvalue weighted by atomic mass is 9.89. The van der Waals surface area contributed by atoms with Gasteiger partial charge in [0.2, 0.25) is 5.82 Å². The zero-order chi connectivity index (χ0) is 17.4. The predicted octanol–water partition coefficient (Wildman–Crippen LogP) is 1.72. The molecule has 1 N–H and O–H groups in total. The first-order valence-corrected chi connectivity index (χ1v) is 9.09. The Morgan fingerprint density at radius 2 is 1.92 bits per heavy atom. The minimum atomic E-state index is -0.119. The third-order valence-electron chi connectivity index (χ3n) is 5.21. The van der Waals surface area contributed by atoms with Crippen LogP contribution in [0.1, 0.15) is 35.9 Å². The van der Waals surface area contributed by atoms with Crippen LogP contribution in [-0.4, -0.2) is 44.7 Å². The molecule has 1 aromatic carbocycles. The van der Waals surface area contributed by atoms with E-state index in [4.69, 9.17) is 0 Å². The van der Waals surface area contributed by atoms with E-state index >= 15 is 0 Å². The van der Waals surface area contributed by atoms with Gasteiger partial charge in [0.25, 0.3) is 5.91 Å². The van der Waals surface area contributed by atoms with Crippen LogP contribution in [0.5, 0.6) is 0 Å². The molecule has 6 nitrogen and oxygen atoms in total. The van der Waals surface area contributed by atoms with Crippen LogP contribution in [0.3, 0.4) is 0 Å². The van der Waals surface area contributed by atoms with Gasteiger partial charge in [-0.2, -0.15) is 0 Å². The second-order valence-electron chi connectivity index (χ2n) is 7.58. The normalized spacial score (nSPS) is 22.7. The summed E-state index contributed by atoms with van der Waals surface area (Å²) in [6.45, 7) is 7.93. The molecule has 25 heavy (non-hydrogen) atoms. The minimum Gasteiger partial charge on any atom is -0.347 e. The summed E-state index contributed by atoms with van der Waals surface area (Å²) < 4.78 is 2.03. The lowest BCUT2D eigenvalue weighted by molar-refractivity contribution is 0.0924. The van der Waals surface area contributed by atoms with Crippen molar-refractivity contribution in [2.45, 2.75) is 39.4 Å². The summed E-state index contributed by atoms with van der Waals surface area (Å²) in [6.07, 6.45) is 0.915. The van der Waals surface area contributed by atoms with Crippen LogP contribution in [0.15, 0.2) is 30.3 Å². The Kier molecular flexibility index (Phi) is 4.29. The average molecular weight is 339 g/mol. The molecule has 132 valence electrons. The van der Waals surface area contributed by atoms with Gasteiger partial charge in [-0.15, -0.1) is 10.2 Å². The Bertz CT molecular complexity index is 754. The van der Waals surface area contributed by atoms with Gasteiger partial charge in [-0.25, -0.2) is 0 Å². The molecule has 1 saturated heterocycles. The molecule has 2 atom stereocenters. The lowest BCUT2D eigenvalue weighted by Crippen LogP contribution is -2.35. The van der Waals surface area contributed by atoms with E-state index in [-0.39, 0.29) is 11.9 Å². The monoisotopic (exact) mass is 339 g/mol.